The molecule has 0 spiro atoms. The molecule has 4 rings (SSSR count). The Morgan fingerprint density at radius 3 is 2.92 bits per heavy atom. The number of halogens is 1. The van der Waals surface area contributed by atoms with Crippen molar-refractivity contribution in [2.75, 3.05) is 26.7 Å². The Labute approximate surface area is 152 Å². The fourth-order valence-corrected chi connectivity index (χ4v) is 4.97. The van der Waals surface area contributed by atoms with Crippen LogP contribution in [0, 0.1) is 11.8 Å². The van der Waals surface area contributed by atoms with Gasteiger partial charge in [-0.25, -0.2) is 0 Å². The molecule has 3 aliphatic rings. The predicted molar refractivity (Wildman–Crippen MR) is 94.9 cm³/mol. The molecular weight excluding hydrogens is 340 g/mol. The van der Waals surface area contributed by atoms with Gasteiger partial charge in [-0.2, -0.15) is 0 Å². The summed E-state index contributed by atoms with van der Waals surface area (Å²) in [5, 5.41) is 0.533. The molecule has 2 amide bonds. The lowest BCUT2D eigenvalue weighted by molar-refractivity contribution is -0.144. The zero-order chi connectivity index (χ0) is 17.6. The highest BCUT2D eigenvalue weighted by molar-refractivity contribution is 6.31. The maximum Gasteiger partial charge on any atom is 0.257 e. The molecule has 3 heterocycles. The number of amides is 2. The molecule has 0 aliphatic carbocycles. The zero-order valence-corrected chi connectivity index (χ0v) is 15.2. The van der Waals surface area contributed by atoms with E-state index in [1.165, 1.54) is 0 Å². The Kier molecular flexibility index (Phi) is 4.36. The first kappa shape index (κ1) is 16.7. The molecule has 5 nitrogen and oxygen atoms in total. The molecule has 0 radical (unpaired) electrons. The van der Waals surface area contributed by atoms with Crippen molar-refractivity contribution in [2.24, 2.45) is 11.8 Å². The molecule has 0 saturated carbocycles. The van der Waals surface area contributed by atoms with Crippen molar-refractivity contribution in [2.45, 2.75) is 31.7 Å². The zero-order valence-electron chi connectivity index (χ0n) is 14.4. The van der Waals surface area contributed by atoms with E-state index in [1.54, 1.807) is 25.3 Å². The highest BCUT2D eigenvalue weighted by Crippen LogP contribution is 2.38. The van der Waals surface area contributed by atoms with Crippen LogP contribution < -0.4 is 4.74 Å². The van der Waals surface area contributed by atoms with E-state index in [4.69, 9.17) is 16.3 Å². The first-order valence-electron chi connectivity index (χ1n) is 8.99. The number of ether oxygens (including phenoxy) is 1. The largest absolute Gasteiger partial charge is 0.496 e. The van der Waals surface area contributed by atoms with E-state index in [-0.39, 0.29) is 5.91 Å². The molecule has 2 bridgehead atoms. The summed E-state index contributed by atoms with van der Waals surface area (Å²) in [5.74, 6) is 1.57. The molecule has 3 fully saturated rings. The van der Waals surface area contributed by atoms with E-state index in [1.807, 2.05) is 4.90 Å². The molecule has 1 aromatic rings. The number of hydrogen-bond acceptors (Lipinski definition) is 3. The number of hydrogen-bond donors (Lipinski definition) is 0. The van der Waals surface area contributed by atoms with Gasteiger partial charge in [0.2, 0.25) is 5.91 Å². The van der Waals surface area contributed by atoms with Gasteiger partial charge in [0, 0.05) is 37.1 Å². The SMILES string of the molecule is COc1ccc(Cl)cc1C(=O)N1CC2CC(C1)[C@H]1CCCC(=O)N1C2. The summed E-state index contributed by atoms with van der Waals surface area (Å²) in [6.07, 6.45) is 3.83. The minimum Gasteiger partial charge on any atom is -0.496 e. The number of likely N-dealkylation sites (tertiary alicyclic amines) is 1. The van der Waals surface area contributed by atoms with Crippen molar-refractivity contribution in [3.63, 3.8) is 0 Å². The van der Waals surface area contributed by atoms with Crippen molar-refractivity contribution in [1.29, 1.82) is 0 Å². The molecule has 6 heteroatoms. The number of methoxy groups -OCH3 is 1. The predicted octanol–water partition coefficient (Wildman–Crippen LogP) is 2.82. The third-order valence-corrected chi connectivity index (χ3v) is 6.09. The van der Waals surface area contributed by atoms with Gasteiger partial charge in [0.15, 0.2) is 0 Å². The van der Waals surface area contributed by atoms with Gasteiger partial charge >= 0.3 is 0 Å². The smallest absolute Gasteiger partial charge is 0.257 e. The van der Waals surface area contributed by atoms with Gasteiger partial charge in [-0.15, -0.1) is 0 Å². The first-order valence-corrected chi connectivity index (χ1v) is 9.37. The third kappa shape index (κ3) is 2.99. The van der Waals surface area contributed by atoms with Crippen molar-refractivity contribution >= 4 is 23.4 Å². The van der Waals surface area contributed by atoms with Gasteiger partial charge in [-0.1, -0.05) is 11.6 Å². The third-order valence-electron chi connectivity index (χ3n) is 5.86. The van der Waals surface area contributed by atoms with Crippen molar-refractivity contribution in [1.82, 2.24) is 9.80 Å². The van der Waals surface area contributed by atoms with E-state index in [0.29, 0.717) is 59.6 Å². The first-order chi connectivity index (χ1) is 12.1. The van der Waals surface area contributed by atoms with Gasteiger partial charge in [-0.05, 0) is 49.3 Å². The summed E-state index contributed by atoms with van der Waals surface area (Å²) in [7, 11) is 1.57. The van der Waals surface area contributed by atoms with Crippen LogP contribution in [0.1, 0.15) is 36.0 Å². The maximum atomic E-state index is 13.1. The van der Waals surface area contributed by atoms with Gasteiger partial charge in [-0.3, -0.25) is 9.59 Å². The minimum atomic E-state index is -0.0235. The van der Waals surface area contributed by atoms with Gasteiger partial charge in [0.1, 0.15) is 5.75 Å². The normalized spacial score (nSPS) is 28.6. The number of nitrogens with zero attached hydrogens (tertiary/aromatic N) is 2. The summed E-state index contributed by atoms with van der Waals surface area (Å²) in [5.41, 5.74) is 0.520. The molecule has 3 saturated heterocycles. The van der Waals surface area contributed by atoms with Crippen molar-refractivity contribution in [3.05, 3.63) is 28.8 Å². The number of carbonyl (C=O) groups excluding carboxylic acids is 2. The van der Waals surface area contributed by atoms with E-state index in [9.17, 15) is 9.59 Å². The van der Waals surface area contributed by atoms with Crippen LogP contribution in [0.3, 0.4) is 0 Å². The van der Waals surface area contributed by atoms with E-state index in [0.717, 1.165) is 25.8 Å². The standard InChI is InChI=1S/C19H23ClN2O3/c1-25-17-6-5-14(20)8-15(17)19(24)21-9-12-7-13(11-21)16-3-2-4-18(23)22(16)10-12/h5-6,8,12-13,16H,2-4,7,9-11H2,1H3/t12?,13?,16-/m1/s1. The molecule has 3 atom stereocenters. The molecule has 25 heavy (non-hydrogen) atoms. The minimum absolute atomic E-state index is 0.0235. The fourth-order valence-electron chi connectivity index (χ4n) is 4.79. The number of rotatable bonds is 2. The molecule has 2 unspecified atom stereocenters. The van der Waals surface area contributed by atoms with Crippen molar-refractivity contribution in [3.8, 4) is 5.75 Å². The van der Waals surface area contributed by atoms with Crippen LogP contribution in [0.5, 0.6) is 5.75 Å². The topological polar surface area (TPSA) is 49.9 Å². The van der Waals surface area contributed by atoms with Crippen LogP contribution in [0.2, 0.25) is 5.02 Å². The molecule has 0 N–H and O–H groups in total. The van der Waals surface area contributed by atoms with Crippen molar-refractivity contribution < 1.29 is 14.3 Å². The fraction of sp³-hybridized carbons (Fsp3) is 0.579. The lowest BCUT2D eigenvalue weighted by Gasteiger charge is -2.52. The number of fused-ring (bicyclic) bond motifs is 4. The lowest BCUT2D eigenvalue weighted by atomic mass is 9.76. The van der Waals surface area contributed by atoms with Gasteiger partial charge in [0.25, 0.3) is 5.91 Å². The Balaban J connectivity index is 1.56. The number of carbonyl (C=O) groups is 2. The molecular formula is C19H23ClN2O3. The quantitative estimate of drug-likeness (QED) is 0.812. The second-order valence-electron chi connectivity index (χ2n) is 7.42. The summed E-state index contributed by atoms with van der Waals surface area (Å²) in [6.45, 7) is 2.19. The van der Waals surface area contributed by atoms with E-state index in [2.05, 4.69) is 4.90 Å². The highest BCUT2D eigenvalue weighted by Gasteiger charge is 2.45. The van der Waals surface area contributed by atoms with Crippen LogP contribution in [0.4, 0.5) is 0 Å². The monoisotopic (exact) mass is 362 g/mol. The summed E-state index contributed by atoms with van der Waals surface area (Å²) in [4.78, 5) is 29.3. The molecule has 1 aromatic carbocycles. The van der Waals surface area contributed by atoms with Gasteiger partial charge < -0.3 is 14.5 Å². The Morgan fingerprint density at radius 2 is 2.12 bits per heavy atom. The molecule has 134 valence electrons. The number of piperidine rings is 3. The second kappa shape index (κ2) is 6.52. The van der Waals surface area contributed by atoms with Crippen LogP contribution in [-0.2, 0) is 4.79 Å². The Hall–Kier alpha value is -1.75. The van der Waals surface area contributed by atoms with Crippen LogP contribution in [0.15, 0.2) is 18.2 Å². The molecule has 0 aromatic heterocycles. The summed E-state index contributed by atoms with van der Waals surface area (Å²) < 4.78 is 5.35. The lowest BCUT2D eigenvalue weighted by Crippen LogP contribution is -2.61. The van der Waals surface area contributed by atoms with Crippen LogP contribution >= 0.6 is 11.6 Å². The Bertz CT molecular complexity index is 708. The number of benzene rings is 1. The van der Waals surface area contributed by atoms with E-state index < -0.39 is 0 Å². The van der Waals surface area contributed by atoms with Crippen LogP contribution in [-0.4, -0.2) is 54.4 Å². The Morgan fingerprint density at radius 1 is 1.28 bits per heavy atom. The average molecular weight is 363 g/mol. The maximum absolute atomic E-state index is 13.1. The van der Waals surface area contributed by atoms with Gasteiger partial charge in [0.05, 0.1) is 12.7 Å². The van der Waals surface area contributed by atoms with Crippen LogP contribution in [0.25, 0.3) is 0 Å². The molecule has 3 aliphatic heterocycles. The average Bonchev–Trinajstić information content (AvgIpc) is 2.62. The highest BCUT2D eigenvalue weighted by atomic mass is 35.5. The second-order valence-corrected chi connectivity index (χ2v) is 7.86. The summed E-state index contributed by atoms with van der Waals surface area (Å²) >= 11 is 6.09. The summed E-state index contributed by atoms with van der Waals surface area (Å²) in [6, 6.07) is 5.45. The van der Waals surface area contributed by atoms with E-state index >= 15 is 0 Å².